The largest absolute Gasteiger partial charge is 1.00 e. The third-order valence-electron chi connectivity index (χ3n) is 4.15. The maximum Gasteiger partial charge on any atom is 1.00 e. The average molecular weight is 380 g/mol. The number of benzene rings is 1. The van der Waals surface area contributed by atoms with Crippen LogP contribution in [-0.2, 0) is 16.5 Å². The molecule has 1 aromatic rings. The monoisotopic (exact) mass is 380 g/mol. The first kappa shape index (κ1) is 24.7. The molecule has 0 saturated carbocycles. The quantitative estimate of drug-likeness (QED) is 0.231. The minimum absolute atomic E-state index is 0. The smallest absolute Gasteiger partial charge is 0.748 e. The van der Waals surface area contributed by atoms with Gasteiger partial charge in [-0.15, -0.1) is 0 Å². The molecule has 138 valence electrons. The van der Waals surface area contributed by atoms with Gasteiger partial charge >= 0.3 is 29.6 Å². The van der Waals surface area contributed by atoms with Crippen molar-refractivity contribution in [2.75, 3.05) is 5.75 Å². The summed E-state index contributed by atoms with van der Waals surface area (Å²) in [6.45, 7) is 0. The van der Waals surface area contributed by atoms with Crippen molar-refractivity contribution in [3.05, 3.63) is 23.8 Å². The Morgan fingerprint density at radius 3 is 1.80 bits per heavy atom. The fraction of sp³-hybridized carbons (Fsp3) is 0.667. The van der Waals surface area contributed by atoms with Crippen LogP contribution in [0.25, 0.3) is 0 Å². The molecule has 0 unspecified atom stereocenters. The summed E-state index contributed by atoms with van der Waals surface area (Å²) >= 11 is 0. The molecular formula is C18H29NaO5S. The Hall–Kier alpha value is -0.270. The molecule has 2 N–H and O–H groups in total. The predicted molar refractivity (Wildman–Crippen MR) is 94.2 cm³/mol. The molecule has 7 heteroatoms. The minimum Gasteiger partial charge on any atom is -0.748 e. The predicted octanol–water partition coefficient (Wildman–Crippen LogP) is 1.09. The van der Waals surface area contributed by atoms with Gasteiger partial charge in [0.15, 0.2) is 0 Å². The molecule has 25 heavy (non-hydrogen) atoms. The van der Waals surface area contributed by atoms with Crippen molar-refractivity contribution in [1.29, 1.82) is 0 Å². The number of hydrogen-bond acceptors (Lipinski definition) is 5. The molecule has 0 spiro atoms. The van der Waals surface area contributed by atoms with Gasteiger partial charge in [-0.25, -0.2) is 8.42 Å². The van der Waals surface area contributed by atoms with Crippen LogP contribution in [0.1, 0.15) is 69.8 Å². The zero-order chi connectivity index (χ0) is 17.8. The second kappa shape index (κ2) is 13.9. The summed E-state index contributed by atoms with van der Waals surface area (Å²) in [5.74, 6) is 0.204. The van der Waals surface area contributed by atoms with Gasteiger partial charge < -0.3 is 14.8 Å². The maximum atomic E-state index is 10.4. The Kier molecular flexibility index (Phi) is 13.7. The van der Waals surface area contributed by atoms with Crippen LogP contribution in [0.3, 0.4) is 0 Å². The molecule has 0 fully saturated rings. The van der Waals surface area contributed by atoms with E-state index in [2.05, 4.69) is 0 Å². The Bertz CT molecular complexity index is 575. The van der Waals surface area contributed by atoms with Gasteiger partial charge in [-0.2, -0.15) is 0 Å². The van der Waals surface area contributed by atoms with Crippen molar-refractivity contribution >= 4 is 10.1 Å². The van der Waals surface area contributed by atoms with Crippen LogP contribution in [0.15, 0.2) is 18.2 Å². The summed E-state index contributed by atoms with van der Waals surface area (Å²) < 4.78 is 31.3. The first-order valence-corrected chi connectivity index (χ1v) is 10.4. The van der Waals surface area contributed by atoms with Gasteiger partial charge in [0.2, 0.25) is 0 Å². The van der Waals surface area contributed by atoms with Crippen LogP contribution in [0, 0.1) is 0 Å². The Balaban J connectivity index is 0.00000576. The van der Waals surface area contributed by atoms with Crippen molar-refractivity contribution in [3.8, 4) is 11.5 Å². The molecule has 0 aliphatic carbocycles. The van der Waals surface area contributed by atoms with Crippen molar-refractivity contribution in [1.82, 2.24) is 0 Å². The zero-order valence-electron chi connectivity index (χ0n) is 15.2. The Labute approximate surface area is 173 Å². The zero-order valence-corrected chi connectivity index (χ0v) is 18.1. The summed E-state index contributed by atoms with van der Waals surface area (Å²) in [4.78, 5) is 0. The average Bonchev–Trinajstić information content (AvgIpc) is 2.50. The summed E-state index contributed by atoms with van der Waals surface area (Å²) in [7, 11) is -4.04. The fourth-order valence-corrected chi connectivity index (χ4v) is 3.34. The number of phenols is 2. The fourth-order valence-electron chi connectivity index (χ4n) is 2.78. The van der Waals surface area contributed by atoms with Crippen molar-refractivity contribution in [3.63, 3.8) is 0 Å². The van der Waals surface area contributed by atoms with Gasteiger partial charge in [0.25, 0.3) is 0 Å². The molecule has 0 heterocycles. The van der Waals surface area contributed by atoms with Gasteiger partial charge in [-0.1, -0.05) is 51.4 Å². The molecule has 0 bridgehead atoms. The molecule has 1 rings (SSSR count). The van der Waals surface area contributed by atoms with Crippen molar-refractivity contribution in [2.24, 2.45) is 0 Å². The normalized spacial score (nSPS) is 11.2. The summed E-state index contributed by atoms with van der Waals surface area (Å²) in [5, 5.41) is 19.1. The van der Waals surface area contributed by atoms with E-state index in [9.17, 15) is 23.2 Å². The van der Waals surface area contributed by atoms with Crippen LogP contribution in [0.4, 0.5) is 0 Å². The summed E-state index contributed by atoms with van der Waals surface area (Å²) in [5.41, 5.74) is 0.801. The molecule has 0 atom stereocenters. The molecule has 0 amide bonds. The number of phenolic OH excluding ortho intramolecular Hbond substituents is 2. The van der Waals surface area contributed by atoms with E-state index < -0.39 is 10.1 Å². The third-order valence-corrected chi connectivity index (χ3v) is 4.94. The van der Waals surface area contributed by atoms with Gasteiger partial charge in [0, 0.05) is 5.75 Å². The van der Waals surface area contributed by atoms with E-state index >= 15 is 0 Å². The molecule has 0 radical (unpaired) electrons. The van der Waals surface area contributed by atoms with E-state index in [4.69, 9.17) is 0 Å². The maximum absolute atomic E-state index is 10.4. The second-order valence-electron chi connectivity index (χ2n) is 6.36. The van der Waals surface area contributed by atoms with Crippen molar-refractivity contribution < 1.29 is 52.7 Å². The second-order valence-corrected chi connectivity index (χ2v) is 7.88. The van der Waals surface area contributed by atoms with Gasteiger partial charge in [-0.05, 0) is 43.0 Å². The number of unbranched alkanes of at least 4 members (excludes halogenated alkanes) is 9. The molecule has 0 aliphatic heterocycles. The number of rotatable bonds is 13. The van der Waals surface area contributed by atoms with Crippen LogP contribution in [0.5, 0.6) is 11.5 Å². The first-order chi connectivity index (χ1) is 11.4. The molecule has 0 aromatic heterocycles. The number of aromatic hydroxyl groups is 2. The van der Waals surface area contributed by atoms with Crippen LogP contribution in [0.2, 0.25) is 0 Å². The number of aryl methyl sites for hydroxylation is 1. The van der Waals surface area contributed by atoms with E-state index in [1.165, 1.54) is 25.0 Å². The van der Waals surface area contributed by atoms with E-state index in [0.29, 0.717) is 6.42 Å². The van der Waals surface area contributed by atoms with E-state index in [-0.39, 0.29) is 46.8 Å². The molecule has 0 saturated heterocycles. The van der Waals surface area contributed by atoms with Crippen LogP contribution in [-0.4, -0.2) is 28.9 Å². The van der Waals surface area contributed by atoms with E-state index in [1.54, 1.807) is 6.07 Å². The van der Waals surface area contributed by atoms with E-state index in [0.717, 1.165) is 56.9 Å². The summed E-state index contributed by atoms with van der Waals surface area (Å²) in [6.07, 6.45) is 10.9. The molecular weight excluding hydrogens is 351 g/mol. The van der Waals surface area contributed by atoms with Gasteiger partial charge in [0.1, 0.15) is 11.5 Å². The van der Waals surface area contributed by atoms with Gasteiger partial charge in [-0.3, -0.25) is 0 Å². The van der Waals surface area contributed by atoms with Crippen LogP contribution < -0.4 is 29.6 Å². The standard InChI is InChI=1S/C18H30O5S.Na/c19-17-12-13-18(20)16(15-17)11-9-7-5-3-1-2-4-6-8-10-14-24(21,22)23;/h12-13,15,19-20H,1-11,14H2,(H,21,22,23);/q;+1/p-1. The Morgan fingerprint density at radius 1 is 0.800 bits per heavy atom. The van der Waals surface area contributed by atoms with Crippen molar-refractivity contribution in [2.45, 2.75) is 70.6 Å². The van der Waals surface area contributed by atoms with Crippen LogP contribution >= 0.6 is 0 Å². The summed E-state index contributed by atoms with van der Waals surface area (Å²) in [6, 6.07) is 4.63. The molecule has 1 aromatic carbocycles. The topological polar surface area (TPSA) is 97.7 Å². The van der Waals surface area contributed by atoms with E-state index in [1.807, 2.05) is 0 Å². The SMILES string of the molecule is O=S(=O)([O-])CCCCCCCCCCCCc1cc(O)ccc1O.[Na+]. The number of hydrogen-bond donors (Lipinski definition) is 2. The molecule has 5 nitrogen and oxygen atoms in total. The first-order valence-electron chi connectivity index (χ1n) is 8.83. The minimum atomic E-state index is -4.04. The molecule has 0 aliphatic rings. The third kappa shape index (κ3) is 13.6. The Morgan fingerprint density at radius 2 is 1.28 bits per heavy atom. The van der Waals surface area contributed by atoms with Gasteiger partial charge in [0.05, 0.1) is 10.1 Å².